The molecule has 1 aliphatic carbocycles. The summed E-state index contributed by atoms with van der Waals surface area (Å²) in [6.07, 6.45) is 7.38. The summed E-state index contributed by atoms with van der Waals surface area (Å²) in [5, 5.41) is 6.91. The molecule has 1 aliphatic rings. The molecule has 4 heteroatoms. The van der Waals surface area contributed by atoms with Gasteiger partial charge in [-0.1, -0.05) is 56.1 Å². The Morgan fingerprint density at radius 1 is 1.32 bits per heavy atom. The molecule has 1 N–H and O–H groups in total. The van der Waals surface area contributed by atoms with Crippen LogP contribution in [0.15, 0.2) is 29.4 Å². The van der Waals surface area contributed by atoms with E-state index in [2.05, 4.69) is 36.5 Å². The molecule has 1 fully saturated rings. The van der Waals surface area contributed by atoms with E-state index in [9.17, 15) is 4.79 Å². The van der Waals surface area contributed by atoms with E-state index >= 15 is 0 Å². The van der Waals surface area contributed by atoms with Crippen molar-refractivity contribution in [1.29, 1.82) is 0 Å². The number of amides is 1. The molecule has 2 atom stereocenters. The maximum atomic E-state index is 11.8. The van der Waals surface area contributed by atoms with Crippen LogP contribution in [-0.2, 0) is 16.1 Å². The summed E-state index contributed by atoms with van der Waals surface area (Å²) < 4.78 is 0. The minimum absolute atomic E-state index is 0.0211. The van der Waals surface area contributed by atoms with Gasteiger partial charge in [-0.3, -0.25) is 4.79 Å². The number of nitrogens with one attached hydrogen (secondary N) is 1. The zero-order chi connectivity index (χ0) is 15.8. The van der Waals surface area contributed by atoms with Gasteiger partial charge in [-0.2, -0.15) is 0 Å². The minimum Gasteiger partial charge on any atom is -0.386 e. The second kappa shape index (κ2) is 8.57. The maximum Gasteiger partial charge on any atom is 0.261 e. The lowest BCUT2D eigenvalue weighted by Gasteiger charge is -2.29. The number of oxime groups is 1. The van der Waals surface area contributed by atoms with E-state index in [-0.39, 0.29) is 18.6 Å². The van der Waals surface area contributed by atoms with Crippen LogP contribution < -0.4 is 5.32 Å². The zero-order valence-electron chi connectivity index (χ0n) is 13.5. The molecule has 1 aromatic rings. The van der Waals surface area contributed by atoms with Crippen molar-refractivity contribution in [2.45, 2.75) is 52.0 Å². The monoisotopic (exact) mass is 302 g/mol. The highest BCUT2D eigenvalue weighted by atomic mass is 16.6. The van der Waals surface area contributed by atoms with Gasteiger partial charge >= 0.3 is 0 Å². The molecule has 4 nitrogen and oxygen atoms in total. The predicted octanol–water partition coefficient (Wildman–Crippen LogP) is 3.29. The normalized spacial score (nSPS) is 21.7. The Labute approximate surface area is 132 Å². The summed E-state index contributed by atoms with van der Waals surface area (Å²) in [7, 11) is 0. The molecule has 0 saturated heterocycles. The summed E-state index contributed by atoms with van der Waals surface area (Å²) >= 11 is 0. The molecule has 0 heterocycles. The molecular formula is C18H26N2O2. The minimum atomic E-state index is -0.0859. The summed E-state index contributed by atoms with van der Waals surface area (Å²) in [6.45, 7) is 4.30. The van der Waals surface area contributed by atoms with E-state index < -0.39 is 0 Å². The number of aryl methyl sites for hydroxylation is 1. The third-order valence-corrected chi connectivity index (χ3v) is 4.32. The highest BCUT2D eigenvalue weighted by Crippen LogP contribution is 2.23. The van der Waals surface area contributed by atoms with E-state index in [0.29, 0.717) is 5.92 Å². The molecule has 0 aliphatic heterocycles. The van der Waals surface area contributed by atoms with Gasteiger partial charge < -0.3 is 10.2 Å². The molecule has 0 bridgehead atoms. The molecule has 1 saturated carbocycles. The van der Waals surface area contributed by atoms with Gasteiger partial charge in [0.05, 0.1) is 6.21 Å². The Balaban J connectivity index is 1.70. The molecule has 0 radical (unpaired) electrons. The number of hydrogen-bond acceptors (Lipinski definition) is 3. The molecule has 1 amide bonds. The number of benzene rings is 1. The number of hydrogen-bond donors (Lipinski definition) is 1. The third kappa shape index (κ3) is 5.17. The molecule has 120 valence electrons. The van der Waals surface area contributed by atoms with Gasteiger partial charge in [0.1, 0.15) is 0 Å². The molecule has 0 unspecified atom stereocenters. The molecule has 1 aromatic carbocycles. The van der Waals surface area contributed by atoms with Crippen LogP contribution in [0.25, 0.3) is 0 Å². The summed E-state index contributed by atoms with van der Waals surface area (Å²) in [4.78, 5) is 16.9. The predicted molar refractivity (Wildman–Crippen MR) is 88.9 cm³/mol. The Kier molecular flexibility index (Phi) is 6.44. The summed E-state index contributed by atoms with van der Waals surface area (Å²) in [6, 6.07) is 8.41. The number of carbonyl (C=O) groups is 1. The van der Waals surface area contributed by atoms with Gasteiger partial charge in [-0.05, 0) is 36.3 Å². The van der Waals surface area contributed by atoms with Crippen molar-refractivity contribution in [1.82, 2.24) is 5.32 Å². The fourth-order valence-electron chi connectivity index (χ4n) is 2.81. The highest BCUT2D eigenvalue weighted by molar-refractivity contribution is 5.80. The largest absolute Gasteiger partial charge is 0.386 e. The number of carbonyl (C=O) groups excluding carboxylic acids is 1. The van der Waals surface area contributed by atoms with Crippen molar-refractivity contribution in [3.8, 4) is 0 Å². The van der Waals surface area contributed by atoms with Crippen LogP contribution in [-0.4, -0.2) is 24.8 Å². The van der Waals surface area contributed by atoms with Gasteiger partial charge in [-0.15, -0.1) is 0 Å². The zero-order valence-corrected chi connectivity index (χ0v) is 13.5. The molecule has 22 heavy (non-hydrogen) atoms. The average Bonchev–Trinajstić information content (AvgIpc) is 2.54. The van der Waals surface area contributed by atoms with Gasteiger partial charge in [0.25, 0.3) is 5.91 Å². The van der Waals surface area contributed by atoms with E-state index in [4.69, 9.17) is 4.84 Å². The van der Waals surface area contributed by atoms with E-state index in [1.54, 1.807) is 6.21 Å². The smallest absolute Gasteiger partial charge is 0.261 e. The van der Waals surface area contributed by atoms with Crippen LogP contribution >= 0.6 is 0 Å². The number of nitrogens with zero attached hydrogens (tertiary/aromatic N) is 1. The quantitative estimate of drug-likeness (QED) is 0.647. The van der Waals surface area contributed by atoms with Crippen molar-refractivity contribution in [3.05, 3.63) is 35.4 Å². The summed E-state index contributed by atoms with van der Waals surface area (Å²) in [5.74, 6) is 0.468. The van der Waals surface area contributed by atoms with Crippen LogP contribution in [0.5, 0.6) is 0 Å². The van der Waals surface area contributed by atoms with E-state index in [1.807, 2.05) is 12.1 Å². The standard InChI is InChI=1S/C18H26N2O2/c1-3-15-8-10-16(11-9-15)12-19-22-13-18(21)20-17-7-5-4-6-14(17)2/h8-12,14,17H,3-7,13H2,1-2H3,(H,20,21)/b19-12-/t14-,17-/m0/s1. The first-order valence-electron chi connectivity index (χ1n) is 8.22. The van der Waals surface area contributed by atoms with Crippen molar-refractivity contribution in [2.75, 3.05) is 6.61 Å². The van der Waals surface area contributed by atoms with E-state index in [0.717, 1.165) is 18.4 Å². The van der Waals surface area contributed by atoms with Gasteiger partial charge in [0.15, 0.2) is 6.61 Å². The number of rotatable bonds is 6. The molecule has 0 aromatic heterocycles. The fourth-order valence-corrected chi connectivity index (χ4v) is 2.81. The fraction of sp³-hybridized carbons (Fsp3) is 0.556. The third-order valence-electron chi connectivity index (χ3n) is 4.32. The first-order chi connectivity index (χ1) is 10.7. The van der Waals surface area contributed by atoms with Gasteiger partial charge in [0.2, 0.25) is 0 Å². The maximum absolute atomic E-state index is 11.8. The Morgan fingerprint density at radius 3 is 2.73 bits per heavy atom. The van der Waals surface area contributed by atoms with Crippen molar-refractivity contribution in [2.24, 2.45) is 11.1 Å². The van der Waals surface area contributed by atoms with E-state index in [1.165, 1.54) is 24.8 Å². The lowest BCUT2D eigenvalue weighted by Crippen LogP contribution is -2.42. The first-order valence-corrected chi connectivity index (χ1v) is 8.22. The lowest BCUT2D eigenvalue weighted by molar-refractivity contribution is -0.126. The average molecular weight is 302 g/mol. The van der Waals surface area contributed by atoms with Crippen LogP contribution in [0.1, 0.15) is 50.7 Å². The van der Waals surface area contributed by atoms with Crippen molar-refractivity contribution in [3.63, 3.8) is 0 Å². The van der Waals surface area contributed by atoms with Crippen LogP contribution in [0.2, 0.25) is 0 Å². The second-order valence-electron chi connectivity index (χ2n) is 6.04. The lowest BCUT2D eigenvalue weighted by atomic mass is 9.86. The second-order valence-corrected chi connectivity index (χ2v) is 6.04. The topological polar surface area (TPSA) is 50.7 Å². The Morgan fingerprint density at radius 2 is 2.05 bits per heavy atom. The van der Waals surface area contributed by atoms with Crippen LogP contribution in [0.3, 0.4) is 0 Å². The van der Waals surface area contributed by atoms with Gasteiger partial charge in [-0.25, -0.2) is 0 Å². The summed E-state index contributed by atoms with van der Waals surface area (Å²) in [5.41, 5.74) is 2.26. The Hall–Kier alpha value is -1.84. The molecule has 2 rings (SSSR count). The van der Waals surface area contributed by atoms with Crippen LogP contribution in [0, 0.1) is 5.92 Å². The van der Waals surface area contributed by atoms with Crippen molar-refractivity contribution < 1.29 is 9.63 Å². The van der Waals surface area contributed by atoms with Crippen LogP contribution in [0.4, 0.5) is 0 Å². The molecular weight excluding hydrogens is 276 g/mol. The molecule has 0 spiro atoms. The SMILES string of the molecule is CCc1ccc(/C=N\OCC(=O)N[C@H]2CCCC[C@@H]2C)cc1. The van der Waals surface area contributed by atoms with Crippen molar-refractivity contribution >= 4 is 12.1 Å². The first kappa shape index (κ1) is 16.5. The van der Waals surface area contributed by atoms with Gasteiger partial charge in [0, 0.05) is 6.04 Å². The highest BCUT2D eigenvalue weighted by Gasteiger charge is 2.22. The Bertz CT molecular complexity index is 496.